The van der Waals surface area contributed by atoms with Crippen LogP contribution in [0.25, 0.3) is 0 Å². The third-order valence-corrected chi connectivity index (χ3v) is 3.23. The molecule has 0 bridgehead atoms. The average Bonchev–Trinajstić information content (AvgIpc) is 2.35. The van der Waals surface area contributed by atoms with Gasteiger partial charge in [0.2, 0.25) is 0 Å². The van der Waals surface area contributed by atoms with Crippen molar-refractivity contribution in [3.63, 3.8) is 0 Å². The summed E-state index contributed by atoms with van der Waals surface area (Å²) < 4.78 is 5.92. The van der Waals surface area contributed by atoms with Gasteiger partial charge in [0.1, 0.15) is 0 Å². The second-order valence-corrected chi connectivity index (χ2v) is 5.72. The zero-order valence-electron chi connectivity index (χ0n) is 13.1. The summed E-state index contributed by atoms with van der Waals surface area (Å²) in [5.41, 5.74) is 0. The highest BCUT2D eigenvalue weighted by molar-refractivity contribution is 4.61. The van der Waals surface area contributed by atoms with Crippen LogP contribution in [0.4, 0.5) is 0 Å². The molecule has 0 aliphatic heterocycles. The van der Waals surface area contributed by atoms with Gasteiger partial charge >= 0.3 is 0 Å². The molecule has 0 heterocycles. The standard InChI is InChI=1S/C16H35NO/c1-5-7-8-9-10-11-12-18-16(6-2)14-17-13-15(3)4/h15-17H,5-14H2,1-4H3. The number of nitrogens with one attached hydrogen (secondary N) is 1. The quantitative estimate of drug-likeness (QED) is 0.494. The van der Waals surface area contributed by atoms with Gasteiger partial charge in [-0.1, -0.05) is 59.8 Å². The first-order valence-electron chi connectivity index (χ1n) is 8.03. The van der Waals surface area contributed by atoms with Gasteiger partial charge < -0.3 is 10.1 Å². The smallest absolute Gasteiger partial charge is 0.0696 e. The SMILES string of the molecule is CCCCCCCCOC(CC)CNCC(C)C. The van der Waals surface area contributed by atoms with Crippen LogP contribution >= 0.6 is 0 Å². The van der Waals surface area contributed by atoms with Crippen molar-refractivity contribution >= 4 is 0 Å². The molecule has 0 amide bonds. The van der Waals surface area contributed by atoms with E-state index in [1.54, 1.807) is 0 Å². The van der Waals surface area contributed by atoms with Gasteiger partial charge in [-0.05, 0) is 25.3 Å². The molecule has 0 aromatic carbocycles. The van der Waals surface area contributed by atoms with E-state index in [0.29, 0.717) is 6.10 Å². The molecular formula is C16H35NO. The Morgan fingerprint density at radius 3 is 2.17 bits per heavy atom. The van der Waals surface area contributed by atoms with E-state index in [4.69, 9.17) is 4.74 Å². The van der Waals surface area contributed by atoms with E-state index in [9.17, 15) is 0 Å². The highest BCUT2D eigenvalue weighted by Crippen LogP contribution is 2.06. The predicted octanol–water partition coefficient (Wildman–Crippen LogP) is 4.39. The zero-order chi connectivity index (χ0) is 13.6. The summed E-state index contributed by atoms with van der Waals surface area (Å²) in [6.45, 7) is 12.0. The van der Waals surface area contributed by atoms with E-state index in [1.807, 2.05) is 0 Å². The highest BCUT2D eigenvalue weighted by atomic mass is 16.5. The van der Waals surface area contributed by atoms with Crippen molar-refractivity contribution in [1.29, 1.82) is 0 Å². The Hall–Kier alpha value is -0.0800. The lowest BCUT2D eigenvalue weighted by molar-refractivity contribution is 0.0478. The Kier molecular flexibility index (Phi) is 13.3. The average molecular weight is 257 g/mol. The molecule has 0 aromatic heterocycles. The molecule has 0 saturated heterocycles. The van der Waals surface area contributed by atoms with Crippen LogP contribution in [0.3, 0.4) is 0 Å². The summed E-state index contributed by atoms with van der Waals surface area (Å²) in [4.78, 5) is 0. The van der Waals surface area contributed by atoms with Crippen LogP contribution in [-0.2, 0) is 4.74 Å². The van der Waals surface area contributed by atoms with Gasteiger partial charge in [0, 0.05) is 13.2 Å². The first-order chi connectivity index (χ1) is 8.70. The Bertz CT molecular complexity index is 159. The minimum absolute atomic E-state index is 0.402. The Labute approximate surface area is 115 Å². The molecule has 1 N–H and O–H groups in total. The molecule has 1 unspecified atom stereocenters. The van der Waals surface area contributed by atoms with E-state index in [0.717, 1.165) is 32.0 Å². The van der Waals surface area contributed by atoms with Crippen LogP contribution < -0.4 is 5.32 Å². The summed E-state index contributed by atoms with van der Waals surface area (Å²) in [7, 11) is 0. The molecule has 0 rings (SSSR count). The van der Waals surface area contributed by atoms with Crippen LogP contribution in [0.15, 0.2) is 0 Å². The van der Waals surface area contributed by atoms with Gasteiger partial charge in [0.05, 0.1) is 6.10 Å². The third kappa shape index (κ3) is 12.4. The summed E-state index contributed by atoms with van der Waals surface area (Å²) in [6.07, 6.45) is 9.55. The van der Waals surface area contributed by atoms with E-state index in [1.165, 1.54) is 38.5 Å². The summed E-state index contributed by atoms with van der Waals surface area (Å²) in [6, 6.07) is 0. The van der Waals surface area contributed by atoms with Crippen molar-refractivity contribution in [3.8, 4) is 0 Å². The van der Waals surface area contributed by atoms with E-state index < -0.39 is 0 Å². The minimum atomic E-state index is 0.402. The van der Waals surface area contributed by atoms with Crippen molar-refractivity contribution in [1.82, 2.24) is 5.32 Å². The van der Waals surface area contributed by atoms with Gasteiger partial charge in [0.25, 0.3) is 0 Å². The third-order valence-electron chi connectivity index (χ3n) is 3.23. The zero-order valence-corrected chi connectivity index (χ0v) is 13.1. The largest absolute Gasteiger partial charge is 0.377 e. The molecule has 18 heavy (non-hydrogen) atoms. The van der Waals surface area contributed by atoms with Crippen LogP contribution in [0.5, 0.6) is 0 Å². The van der Waals surface area contributed by atoms with Crippen molar-refractivity contribution in [2.24, 2.45) is 5.92 Å². The molecule has 0 fully saturated rings. The Morgan fingerprint density at radius 1 is 0.889 bits per heavy atom. The second kappa shape index (κ2) is 13.4. The van der Waals surface area contributed by atoms with Gasteiger partial charge in [-0.15, -0.1) is 0 Å². The number of unbranched alkanes of at least 4 members (excludes halogenated alkanes) is 5. The molecule has 0 radical (unpaired) electrons. The number of rotatable bonds is 13. The van der Waals surface area contributed by atoms with Crippen molar-refractivity contribution in [3.05, 3.63) is 0 Å². The Morgan fingerprint density at radius 2 is 1.56 bits per heavy atom. The Balaban J connectivity index is 3.33. The van der Waals surface area contributed by atoms with Gasteiger partial charge in [-0.25, -0.2) is 0 Å². The lowest BCUT2D eigenvalue weighted by Gasteiger charge is -2.17. The first kappa shape index (κ1) is 17.9. The number of ether oxygens (including phenoxy) is 1. The van der Waals surface area contributed by atoms with Gasteiger partial charge in [0.15, 0.2) is 0 Å². The number of hydrogen-bond acceptors (Lipinski definition) is 2. The maximum Gasteiger partial charge on any atom is 0.0696 e. The molecule has 2 nitrogen and oxygen atoms in total. The fraction of sp³-hybridized carbons (Fsp3) is 1.00. The molecule has 0 aliphatic carbocycles. The number of hydrogen-bond donors (Lipinski definition) is 1. The monoisotopic (exact) mass is 257 g/mol. The maximum atomic E-state index is 5.92. The molecular weight excluding hydrogens is 222 g/mol. The summed E-state index contributed by atoms with van der Waals surface area (Å²) in [5, 5.41) is 3.48. The highest BCUT2D eigenvalue weighted by Gasteiger charge is 2.05. The predicted molar refractivity (Wildman–Crippen MR) is 81.1 cm³/mol. The van der Waals surface area contributed by atoms with Crippen LogP contribution in [-0.4, -0.2) is 25.8 Å². The van der Waals surface area contributed by atoms with Gasteiger partial charge in [-0.2, -0.15) is 0 Å². The fourth-order valence-electron chi connectivity index (χ4n) is 1.99. The lowest BCUT2D eigenvalue weighted by atomic mass is 10.1. The molecule has 2 heteroatoms. The van der Waals surface area contributed by atoms with Crippen LogP contribution in [0.2, 0.25) is 0 Å². The van der Waals surface area contributed by atoms with E-state index in [-0.39, 0.29) is 0 Å². The van der Waals surface area contributed by atoms with Crippen molar-refractivity contribution in [2.45, 2.75) is 78.7 Å². The minimum Gasteiger partial charge on any atom is -0.377 e. The van der Waals surface area contributed by atoms with E-state index >= 15 is 0 Å². The lowest BCUT2D eigenvalue weighted by Crippen LogP contribution is -2.31. The molecule has 110 valence electrons. The fourth-order valence-corrected chi connectivity index (χ4v) is 1.99. The van der Waals surface area contributed by atoms with E-state index in [2.05, 4.69) is 33.0 Å². The topological polar surface area (TPSA) is 21.3 Å². The molecule has 1 atom stereocenters. The maximum absolute atomic E-state index is 5.92. The summed E-state index contributed by atoms with van der Waals surface area (Å²) >= 11 is 0. The van der Waals surface area contributed by atoms with Crippen LogP contribution in [0, 0.1) is 5.92 Å². The normalized spacial score (nSPS) is 13.2. The molecule has 0 aliphatic rings. The summed E-state index contributed by atoms with van der Waals surface area (Å²) in [5.74, 6) is 0.723. The first-order valence-corrected chi connectivity index (χ1v) is 8.03. The van der Waals surface area contributed by atoms with Crippen molar-refractivity contribution in [2.75, 3.05) is 19.7 Å². The molecule has 0 aromatic rings. The second-order valence-electron chi connectivity index (χ2n) is 5.72. The van der Waals surface area contributed by atoms with Crippen LogP contribution in [0.1, 0.15) is 72.6 Å². The van der Waals surface area contributed by atoms with Gasteiger partial charge in [-0.3, -0.25) is 0 Å². The molecule has 0 saturated carbocycles. The molecule has 0 spiro atoms. The van der Waals surface area contributed by atoms with Crippen molar-refractivity contribution < 1.29 is 4.74 Å².